The highest BCUT2D eigenvalue weighted by Gasteiger charge is 2.35. The predicted molar refractivity (Wildman–Crippen MR) is 67.4 cm³/mol. The topological polar surface area (TPSA) is 141 Å². The molecule has 1 aromatic heterocycles. The zero-order valence-corrected chi connectivity index (χ0v) is 10.4. The lowest BCUT2D eigenvalue weighted by Gasteiger charge is -2.23. The average Bonchev–Trinajstić information content (AvgIpc) is 2.75. The van der Waals surface area contributed by atoms with Crippen molar-refractivity contribution in [1.82, 2.24) is 9.97 Å². The van der Waals surface area contributed by atoms with Crippen molar-refractivity contribution in [2.45, 2.75) is 25.8 Å². The van der Waals surface area contributed by atoms with Gasteiger partial charge in [0.15, 0.2) is 0 Å². The van der Waals surface area contributed by atoms with Crippen molar-refractivity contribution in [3.05, 3.63) is 15.8 Å². The van der Waals surface area contributed by atoms with Gasteiger partial charge in [0, 0.05) is 6.54 Å². The summed E-state index contributed by atoms with van der Waals surface area (Å²) in [5.41, 5.74) is 10.8. The molecule has 0 aliphatic carbocycles. The lowest BCUT2D eigenvalue weighted by molar-refractivity contribution is -0.385. The number of rotatable bonds is 3. The van der Waals surface area contributed by atoms with Crippen LogP contribution in [-0.2, 0) is 4.79 Å². The molecule has 19 heavy (non-hydrogen) atoms. The summed E-state index contributed by atoms with van der Waals surface area (Å²) in [5, 5.41) is 11.1. The van der Waals surface area contributed by atoms with Gasteiger partial charge in [-0.2, -0.15) is 4.98 Å². The van der Waals surface area contributed by atoms with Crippen LogP contribution >= 0.6 is 0 Å². The molecule has 1 unspecified atom stereocenters. The number of hydrogen-bond acceptors (Lipinski definition) is 7. The Morgan fingerprint density at radius 1 is 1.53 bits per heavy atom. The molecule has 1 fully saturated rings. The maximum absolute atomic E-state index is 11.4. The zero-order valence-electron chi connectivity index (χ0n) is 10.4. The number of nitro groups is 1. The minimum Gasteiger partial charge on any atom is -0.368 e. The first-order valence-electron chi connectivity index (χ1n) is 5.76. The van der Waals surface area contributed by atoms with Crippen LogP contribution in [0.2, 0.25) is 0 Å². The van der Waals surface area contributed by atoms with E-state index < -0.39 is 16.9 Å². The van der Waals surface area contributed by atoms with Gasteiger partial charge >= 0.3 is 5.69 Å². The van der Waals surface area contributed by atoms with E-state index in [1.165, 1.54) is 11.8 Å². The molecule has 102 valence electrons. The SMILES string of the molecule is Cc1nc(N)nc(N2CCCC2C(N)=O)c1[N+](=O)[O-]. The van der Waals surface area contributed by atoms with Crippen molar-refractivity contribution >= 4 is 23.4 Å². The number of nitrogens with zero attached hydrogens (tertiary/aromatic N) is 4. The first kappa shape index (κ1) is 13.0. The highest BCUT2D eigenvalue weighted by atomic mass is 16.6. The summed E-state index contributed by atoms with van der Waals surface area (Å²) in [7, 11) is 0. The van der Waals surface area contributed by atoms with Crippen LogP contribution in [0.15, 0.2) is 0 Å². The molecule has 2 heterocycles. The van der Waals surface area contributed by atoms with E-state index in [1.54, 1.807) is 0 Å². The second-order valence-corrected chi connectivity index (χ2v) is 4.35. The van der Waals surface area contributed by atoms with Crippen molar-refractivity contribution in [2.24, 2.45) is 5.73 Å². The number of hydrogen-bond donors (Lipinski definition) is 2. The molecule has 4 N–H and O–H groups in total. The van der Waals surface area contributed by atoms with E-state index in [0.717, 1.165) is 0 Å². The second-order valence-electron chi connectivity index (χ2n) is 4.35. The maximum Gasteiger partial charge on any atom is 0.332 e. The number of nitrogens with two attached hydrogens (primary N) is 2. The molecule has 0 aromatic carbocycles. The van der Waals surface area contributed by atoms with Crippen LogP contribution < -0.4 is 16.4 Å². The minimum atomic E-state index is -0.590. The summed E-state index contributed by atoms with van der Waals surface area (Å²) in [6.07, 6.45) is 1.27. The number of primary amides is 1. The van der Waals surface area contributed by atoms with Gasteiger partial charge < -0.3 is 16.4 Å². The Labute approximate surface area is 108 Å². The van der Waals surface area contributed by atoms with E-state index in [0.29, 0.717) is 19.4 Å². The molecule has 2 rings (SSSR count). The predicted octanol–water partition coefficient (Wildman–Crippen LogP) is -0.270. The van der Waals surface area contributed by atoms with Gasteiger partial charge in [0.1, 0.15) is 11.7 Å². The highest BCUT2D eigenvalue weighted by molar-refractivity contribution is 5.85. The van der Waals surface area contributed by atoms with Gasteiger partial charge in [0.2, 0.25) is 17.7 Å². The van der Waals surface area contributed by atoms with Crippen LogP contribution in [-0.4, -0.2) is 33.4 Å². The number of anilines is 2. The number of amides is 1. The summed E-state index contributed by atoms with van der Waals surface area (Å²) < 4.78 is 0. The van der Waals surface area contributed by atoms with Crippen molar-refractivity contribution in [3.8, 4) is 0 Å². The number of carbonyl (C=O) groups excluding carboxylic acids is 1. The molecule has 9 nitrogen and oxygen atoms in total. The fraction of sp³-hybridized carbons (Fsp3) is 0.500. The van der Waals surface area contributed by atoms with Gasteiger partial charge in [-0.25, -0.2) is 4.98 Å². The van der Waals surface area contributed by atoms with Crippen LogP contribution in [0.25, 0.3) is 0 Å². The number of carbonyl (C=O) groups is 1. The minimum absolute atomic E-state index is 0.0618. The quantitative estimate of drug-likeness (QED) is 0.566. The Bertz CT molecular complexity index is 546. The van der Waals surface area contributed by atoms with Crippen molar-refractivity contribution in [3.63, 3.8) is 0 Å². The molecule has 0 radical (unpaired) electrons. The first-order valence-corrected chi connectivity index (χ1v) is 5.76. The van der Waals surface area contributed by atoms with Gasteiger partial charge in [0.25, 0.3) is 0 Å². The van der Waals surface area contributed by atoms with E-state index >= 15 is 0 Å². The van der Waals surface area contributed by atoms with Gasteiger partial charge in [-0.05, 0) is 19.8 Å². The van der Waals surface area contributed by atoms with Crippen LogP contribution in [0.4, 0.5) is 17.5 Å². The maximum atomic E-state index is 11.4. The fourth-order valence-corrected chi connectivity index (χ4v) is 2.30. The molecule has 1 amide bonds. The standard InChI is InChI=1S/C10H14N6O3/c1-5-7(16(18)19)9(14-10(12)13-5)15-4-2-3-6(15)8(11)17/h6H,2-4H2,1H3,(H2,11,17)(H2,12,13,14). The Morgan fingerprint density at radius 3 is 2.79 bits per heavy atom. The highest BCUT2D eigenvalue weighted by Crippen LogP contribution is 2.33. The fourth-order valence-electron chi connectivity index (χ4n) is 2.30. The van der Waals surface area contributed by atoms with Gasteiger partial charge in [0.05, 0.1) is 4.92 Å². The molecule has 1 aromatic rings. The molecule has 0 saturated carbocycles. The van der Waals surface area contributed by atoms with E-state index in [4.69, 9.17) is 11.5 Å². The second kappa shape index (κ2) is 4.67. The van der Waals surface area contributed by atoms with Crippen LogP contribution in [0, 0.1) is 17.0 Å². The third kappa shape index (κ3) is 2.26. The van der Waals surface area contributed by atoms with Crippen LogP contribution in [0.3, 0.4) is 0 Å². The molecular weight excluding hydrogens is 252 g/mol. The van der Waals surface area contributed by atoms with Gasteiger partial charge in [-0.3, -0.25) is 14.9 Å². The smallest absolute Gasteiger partial charge is 0.332 e. The van der Waals surface area contributed by atoms with Crippen LogP contribution in [0.1, 0.15) is 18.5 Å². The first-order chi connectivity index (χ1) is 8.91. The average molecular weight is 266 g/mol. The van der Waals surface area contributed by atoms with Crippen LogP contribution in [0.5, 0.6) is 0 Å². The summed E-state index contributed by atoms with van der Waals surface area (Å²) in [6, 6.07) is -0.590. The molecular formula is C10H14N6O3. The largest absolute Gasteiger partial charge is 0.368 e. The van der Waals surface area contributed by atoms with E-state index in [-0.39, 0.29) is 23.1 Å². The van der Waals surface area contributed by atoms with Gasteiger partial charge in [-0.1, -0.05) is 0 Å². The molecule has 0 spiro atoms. The van der Waals surface area contributed by atoms with Crippen molar-refractivity contribution in [2.75, 3.05) is 17.2 Å². The summed E-state index contributed by atoms with van der Waals surface area (Å²) in [6.45, 7) is 1.96. The molecule has 1 aliphatic heterocycles. The molecule has 1 aliphatic rings. The normalized spacial score (nSPS) is 18.6. The number of aromatic nitrogens is 2. The molecule has 1 saturated heterocycles. The Balaban J connectivity index is 2.55. The Kier molecular flexibility index (Phi) is 3.19. The Hall–Kier alpha value is -2.45. The molecule has 0 bridgehead atoms. The molecule has 1 atom stereocenters. The third-order valence-corrected chi connectivity index (χ3v) is 3.09. The summed E-state index contributed by atoms with van der Waals surface area (Å²) in [5.74, 6) is -0.522. The van der Waals surface area contributed by atoms with Crippen molar-refractivity contribution < 1.29 is 9.72 Å². The zero-order chi connectivity index (χ0) is 14.2. The van der Waals surface area contributed by atoms with Crippen molar-refractivity contribution in [1.29, 1.82) is 0 Å². The molecule has 9 heteroatoms. The lowest BCUT2D eigenvalue weighted by atomic mass is 10.2. The lowest BCUT2D eigenvalue weighted by Crippen LogP contribution is -2.41. The summed E-state index contributed by atoms with van der Waals surface area (Å²) >= 11 is 0. The number of aryl methyl sites for hydroxylation is 1. The van der Waals surface area contributed by atoms with E-state index in [1.807, 2.05) is 0 Å². The third-order valence-electron chi connectivity index (χ3n) is 3.09. The number of nitrogen functional groups attached to an aromatic ring is 1. The summed E-state index contributed by atoms with van der Waals surface area (Å²) in [4.78, 5) is 31.2. The Morgan fingerprint density at radius 2 is 2.21 bits per heavy atom. The van der Waals surface area contributed by atoms with Gasteiger partial charge in [-0.15, -0.1) is 0 Å². The van der Waals surface area contributed by atoms with E-state index in [2.05, 4.69) is 9.97 Å². The van der Waals surface area contributed by atoms with E-state index in [9.17, 15) is 14.9 Å². The monoisotopic (exact) mass is 266 g/mol.